The van der Waals surface area contributed by atoms with Crippen LogP contribution in [0.2, 0.25) is 0 Å². The second-order valence-electron chi connectivity index (χ2n) is 7.88. The highest BCUT2D eigenvalue weighted by Gasteiger charge is 2.55. The van der Waals surface area contributed by atoms with Crippen molar-refractivity contribution in [2.24, 2.45) is 5.73 Å². The lowest BCUT2D eigenvalue weighted by molar-refractivity contribution is -0.269. The van der Waals surface area contributed by atoms with E-state index in [4.69, 9.17) is 5.73 Å². The van der Waals surface area contributed by atoms with Crippen LogP contribution in [0.15, 0.2) is 48.7 Å². The number of hydrogen-bond acceptors (Lipinski definition) is 5. The van der Waals surface area contributed by atoms with Crippen LogP contribution in [0, 0.1) is 6.92 Å². The number of aliphatic hydroxyl groups is 1. The molecule has 0 aliphatic carbocycles. The Hall–Kier alpha value is -3.24. The number of thiophene rings is 1. The molecule has 6 nitrogen and oxygen atoms in total. The number of aromatic nitrogens is 3. The summed E-state index contributed by atoms with van der Waals surface area (Å²) in [7, 11) is 0. The van der Waals surface area contributed by atoms with E-state index < -0.39 is 29.8 Å². The van der Waals surface area contributed by atoms with Crippen molar-refractivity contribution in [3.8, 4) is 11.1 Å². The predicted molar refractivity (Wildman–Crippen MR) is 120 cm³/mol. The average molecular weight is 475 g/mol. The van der Waals surface area contributed by atoms with Gasteiger partial charge in [-0.2, -0.15) is 13.2 Å². The Morgan fingerprint density at radius 3 is 2.48 bits per heavy atom. The van der Waals surface area contributed by atoms with Crippen LogP contribution in [0.5, 0.6) is 0 Å². The molecule has 2 aromatic heterocycles. The Labute approximate surface area is 191 Å². The van der Waals surface area contributed by atoms with E-state index >= 15 is 0 Å². The van der Waals surface area contributed by atoms with Crippen LogP contribution in [-0.4, -0.2) is 32.2 Å². The van der Waals surface area contributed by atoms with E-state index in [-0.39, 0.29) is 6.54 Å². The van der Waals surface area contributed by atoms with Crippen LogP contribution >= 0.6 is 11.3 Å². The Balaban J connectivity index is 1.70. The van der Waals surface area contributed by atoms with Gasteiger partial charge >= 0.3 is 6.18 Å². The van der Waals surface area contributed by atoms with Gasteiger partial charge in [-0.1, -0.05) is 54.1 Å². The lowest BCUT2D eigenvalue weighted by Gasteiger charge is -2.26. The van der Waals surface area contributed by atoms with Crippen molar-refractivity contribution >= 4 is 27.3 Å². The van der Waals surface area contributed by atoms with Gasteiger partial charge in [0.25, 0.3) is 5.91 Å². The number of carbonyl (C=O) groups is 1. The number of primary amides is 1. The van der Waals surface area contributed by atoms with Crippen LogP contribution in [0.1, 0.15) is 39.8 Å². The third-order valence-corrected chi connectivity index (χ3v) is 6.77. The quantitative estimate of drug-likeness (QED) is 0.421. The highest BCUT2D eigenvalue weighted by atomic mass is 32.1. The summed E-state index contributed by atoms with van der Waals surface area (Å²) in [5.74, 6) is -0.528. The molecule has 0 fully saturated rings. The maximum Gasteiger partial charge on any atom is 0.423 e. The summed E-state index contributed by atoms with van der Waals surface area (Å²) >= 11 is 1.26. The molecular weight excluding hydrogens is 453 g/mol. The molecule has 2 heterocycles. The van der Waals surface area contributed by atoms with E-state index in [2.05, 4.69) is 10.3 Å². The van der Waals surface area contributed by atoms with Gasteiger partial charge in [0, 0.05) is 15.6 Å². The van der Waals surface area contributed by atoms with E-state index in [0.717, 1.165) is 38.5 Å². The zero-order chi connectivity index (χ0) is 24.0. The molecule has 3 N–H and O–H groups in total. The Morgan fingerprint density at radius 2 is 1.88 bits per heavy atom. The summed E-state index contributed by atoms with van der Waals surface area (Å²) in [5.41, 5.74) is 5.51. The summed E-state index contributed by atoms with van der Waals surface area (Å²) in [4.78, 5) is 12.5. The third-order valence-electron chi connectivity index (χ3n) is 5.61. The molecule has 172 valence electrons. The van der Waals surface area contributed by atoms with Crippen molar-refractivity contribution in [1.82, 2.24) is 15.0 Å². The number of alkyl halides is 3. The van der Waals surface area contributed by atoms with Crippen molar-refractivity contribution < 1.29 is 23.1 Å². The highest BCUT2D eigenvalue weighted by Crippen LogP contribution is 2.41. The standard InChI is InChI=1S/C23H21F3N4O2S/c1-3-22(32,23(24,25)26)18-12-30(29-28-18)11-14-6-9-16-17(10-14)33-20(21(27)31)19(16)15-7-4-13(2)5-8-15/h4-10,12,32H,3,11H2,1-2H3,(H2,27,31). The second kappa shape index (κ2) is 8.27. The Kier molecular flexibility index (Phi) is 5.75. The third kappa shape index (κ3) is 4.11. The number of amides is 1. The smallest absolute Gasteiger partial charge is 0.375 e. The van der Waals surface area contributed by atoms with Crippen LogP contribution in [-0.2, 0) is 12.1 Å². The SMILES string of the molecule is CCC(O)(c1cn(Cc2ccc3c(-c4ccc(C)cc4)c(C(N)=O)sc3c2)nn1)C(F)(F)F. The van der Waals surface area contributed by atoms with Crippen LogP contribution in [0.25, 0.3) is 21.2 Å². The van der Waals surface area contributed by atoms with Gasteiger partial charge in [0.2, 0.25) is 5.60 Å². The van der Waals surface area contributed by atoms with Crippen LogP contribution in [0.3, 0.4) is 0 Å². The van der Waals surface area contributed by atoms with E-state index in [0.29, 0.717) is 4.88 Å². The fourth-order valence-corrected chi connectivity index (χ4v) is 4.84. The Morgan fingerprint density at radius 1 is 1.18 bits per heavy atom. The van der Waals surface area contributed by atoms with Crippen molar-refractivity contribution in [3.05, 3.63) is 70.4 Å². The fourth-order valence-electron chi connectivity index (χ4n) is 3.70. The van der Waals surface area contributed by atoms with Gasteiger partial charge in [-0.25, -0.2) is 4.68 Å². The minimum absolute atomic E-state index is 0.143. The number of rotatable bonds is 6. The average Bonchev–Trinajstić information content (AvgIpc) is 3.38. The molecule has 0 saturated heterocycles. The highest BCUT2D eigenvalue weighted by molar-refractivity contribution is 7.21. The van der Waals surface area contributed by atoms with Crippen molar-refractivity contribution in [3.63, 3.8) is 0 Å². The monoisotopic (exact) mass is 474 g/mol. The number of halogens is 3. The molecule has 0 saturated carbocycles. The first kappa shape index (κ1) is 22.9. The number of nitrogens with zero attached hydrogens (tertiary/aromatic N) is 3. The summed E-state index contributed by atoms with van der Waals surface area (Å²) in [6.07, 6.45) is -4.34. The van der Waals surface area contributed by atoms with Gasteiger partial charge in [-0.15, -0.1) is 16.4 Å². The van der Waals surface area contributed by atoms with Gasteiger partial charge in [-0.05, 0) is 30.5 Å². The van der Waals surface area contributed by atoms with E-state index in [1.54, 1.807) is 0 Å². The molecule has 0 radical (unpaired) electrons. The molecule has 0 spiro atoms. The second-order valence-corrected chi connectivity index (χ2v) is 8.93. The number of carbonyl (C=O) groups excluding carboxylic acids is 1. The fraction of sp³-hybridized carbons (Fsp3) is 0.261. The number of nitrogens with two attached hydrogens (primary N) is 1. The number of fused-ring (bicyclic) bond motifs is 1. The maximum absolute atomic E-state index is 13.3. The summed E-state index contributed by atoms with van der Waals surface area (Å²) in [6.45, 7) is 3.35. The minimum atomic E-state index is -4.87. The zero-order valence-electron chi connectivity index (χ0n) is 17.8. The van der Waals surface area contributed by atoms with Gasteiger partial charge in [0.15, 0.2) is 0 Å². The lowest BCUT2D eigenvalue weighted by atomic mass is 9.96. The van der Waals surface area contributed by atoms with E-state index in [1.165, 1.54) is 22.9 Å². The molecule has 0 aliphatic rings. The number of aryl methyl sites for hydroxylation is 1. The van der Waals surface area contributed by atoms with Crippen molar-refractivity contribution in [2.45, 2.75) is 38.6 Å². The molecule has 10 heteroatoms. The zero-order valence-corrected chi connectivity index (χ0v) is 18.7. The first-order valence-electron chi connectivity index (χ1n) is 10.2. The first-order valence-corrected chi connectivity index (χ1v) is 11.0. The predicted octanol–water partition coefficient (Wildman–Crippen LogP) is 4.78. The molecular formula is C23H21F3N4O2S. The van der Waals surface area contributed by atoms with Gasteiger partial charge in [0.05, 0.1) is 12.7 Å². The normalized spacial score (nSPS) is 13.9. The molecule has 0 aliphatic heterocycles. The van der Waals surface area contributed by atoms with E-state index in [1.807, 2.05) is 49.4 Å². The molecule has 0 bridgehead atoms. The van der Waals surface area contributed by atoms with Gasteiger partial charge in [-0.3, -0.25) is 4.79 Å². The molecule has 1 amide bonds. The lowest BCUT2D eigenvalue weighted by Crippen LogP contribution is -2.42. The molecule has 33 heavy (non-hydrogen) atoms. The molecule has 1 atom stereocenters. The van der Waals surface area contributed by atoms with Gasteiger partial charge < -0.3 is 10.8 Å². The summed E-state index contributed by atoms with van der Waals surface area (Å²) in [5, 5.41) is 18.3. The van der Waals surface area contributed by atoms with E-state index in [9.17, 15) is 23.1 Å². The van der Waals surface area contributed by atoms with Crippen LogP contribution < -0.4 is 5.73 Å². The number of hydrogen-bond donors (Lipinski definition) is 2. The first-order chi connectivity index (χ1) is 15.5. The largest absolute Gasteiger partial charge is 0.423 e. The van der Waals surface area contributed by atoms with Gasteiger partial charge in [0.1, 0.15) is 10.6 Å². The maximum atomic E-state index is 13.3. The molecule has 1 unspecified atom stereocenters. The molecule has 4 rings (SSSR count). The molecule has 4 aromatic rings. The number of benzene rings is 2. The topological polar surface area (TPSA) is 94.0 Å². The molecule has 2 aromatic carbocycles. The van der Waals surface area contributed by atoms with Crippen LogP contribution in [0.4, 0.5) is 13.2 Å². The minimum Gasteiger partial charge on any atom is -0.375 e. The van der Waals surface area contributed by atoms with Crippen molar-refractivity contribution in [2.75, 3.05) is 0 Å². The summed E-state index contributed by atoms with van der Waals surface area (Å²) < 4.78 is 42.0. The summed E-state index contributed by atoms with van der Waals surface area (Å²) in [6, 6.07) is 13.3. The Bertz CT molecular complexity index is 1330. The van der Waals surface area contributed by atoms with Crippen molar-refractivity contribution in [1.29, 1.82) is 0 Å².